The Morgan fingerprint density at radius 1 is 1.15 bits per heavy atom. The molecule has 1 amide bonds. The normalized spacial score (nSPS) is 11.0. The fourth-order valence-electron chi connectivity index (χ4n) is 2.49. The number of allylic oxidation sites excluding steroid dienone is 3. The fraction of sp³-hybridized carbons (Fsp3) is 0.0455. The van der Waals surface area contributed by atoms with Crippen molar-refractivity contribution in [1.82, 2.24) is 15.3 Å². The highest BCUT2D eigenvalue weighted by Gasteiger charge is 2.08. The van der Waals surface area contributed by atoms with E-state index in [1.165, 1.54) is 6.20 Å². The van der Waals surface area contributed by atoms with Crippen molar-refractivity contribution >= 4 is 16.9 Å². The molecule has 2 aromatic heterocycles. The average molecular weight is 357 g/mol. The summed E-state index contributed by atoms with van der Waals surface area (Å²) >= 11 is 0. The summed E-state index contributed by atoms with van der Waals surface area (Å²) in [4.78, 5) is 20.8. The summed E-state index contributed by atoms with van der Waals surface area (Å²) in [5.41, 5.74) is 2.02. The van der Waals surface area contributed by atoms with Gasteiger partial charge in [0.1, 0.15) is 11.5 Å². The van der Waals surface area contributed by atoms with Crippen molar-refractivity contribution in [3.05, 3.63) is 103 Å². The van der Waals surface area contributed by atoms with Crippen molar-refractivity contribution in [2.24, 2.45) is 0 Å². The van der Waals surface area contributed by atoms with Crippen molar-refractivity contribution in [1.29, 1.82) is 0 Å². The lowest BCUT2D eigenvalue weighted by Crippen LogP contribution is -2.22. The number of ether oxygens (including phenoxy) is 1. The lowest BCUT2D eigenvalue weighted by Gasteiger charge is -2.09. The van der Waals surface area contributed by atoms with E-state index in [0.29, 0.717) is 29.3 Å². The van der Waals surface area contributed by atoms with Crippen LogP contribution in [0.3, 0.4) is 0 Å². The molecule has 0 saturated carbocycles. The van der Waals surface area contributed by atoms with E-state index in [1.807, 2.05) is 36.4 Å². The van der Waals surface area contributed by atoms with Gasteiger partial charge in [0.2, 0.25) is 0 Å². The molecule has 0 aliphatic rings. The monoisotopic (exact) mass is 357 g/mol. The largest absolute Gasteiger partial charge is 0.457 e. The van der Waals surface area contributed by atoms with E-state index in [9.17, 15) is 4.79 Å². The number of carbonyl (C=O) groups is 1. The molecule has 27 heavy (non-hydrogen) atoms. The van der Waals surface area contributed by atoms with E-state index in [-0.39, 0.29) is 5.91 Å². The maximum absolute atomic E-state index is 12.4. The van der Waals surface area contributed by atoms with Gasteiger partial charge in [-0.15, -0.1) is 0 Å². The first kappa shape index (κ1) is 18.1. The van der Waals surface area contributed by atoms with E-state index in [4.69, 9.17) is 4.74 Å². The molecule has 0 fully saturated rings. The Kier molecular flexibility index (Phi) is 5.74. The van der Waals surface area contributed by atoms with E-state index in [1.54, 1.807) is 30.5 Å². The zero-order chi connectivity index (χ0) is 19.1. The molecular weight excluding hydrogens is 338 g/mol. The van der Waals surface area contributed by atoms with Gasteiger partial charge in [-0.3, -0.25) is 4.79 Å². The van der Waals surface area contributed by atoms with Gasteiger partial charge in [-0.1, -0.05) is 31.4 Å². The number of aromatic nitrogens is 2. The molecule has 2 heterocycles. The van der Waals surface area contributed by atoms with Crippen molar-refractivity contribution < 1.29 is 9.53 Å². The lowest BCUT2D eigenvalue weighted by atomic mass is 10.2. The molecule has 1 aromatic carbocycles. The number of benzene rings is 1. The number of hydrogen-bond acceptors (Lipinski definition) is 4. The zero-order valence-corrected chi connectivity index (χ0v) is 14.8. The summed E-state index contributed by atoms with van der Waals surface area (Å²) in [6.45, 7) is 7.72. The van der Waals surface area contributed by atoms with Crippen molar-refractivity contribution in [2.75, 3.05) is 0 Å². The summed E-state index contributed by atoms with van der Waals surface area (Å²) in [7, 11) is 0. The summed E-state index contributed by atoms with van der Waals surface area (Å²) in [6, 6.07) is 13.0. The Morgan fingerprint density at radius 3 is 2.85 bits per heavy atom. The van der Waals surface area contributed by atoms with Crippen molar-refractivity contribution in [3.8, 4) is 5.75 Å². The average Bonchev–Trinajstić information content (AvgIpc) is 2.71. The highest BCUT2D eigenvalue weighted by Crippen LogP contribution is 2.17. The second-order valence-corrected chi connectivity index (χ2v) is 5.72. The number of amides is 1. The van der Waals surface area contributed by atoms with Gasteiger partial charge in [-0.25, -0.2) is 9.97 Å². The van der Waals surface area contributed by atoms with Crippen LogP contribution in [0.5, 0.6) is 5.75 Å². The molecule has 3 aromatic rings. The van der Waals surface area contributed by atoms with Gasteiger partial charge in [0.05, 0.1) is 5.56 Å². The van der Waals surface area contributed by atoms with Crippen LogP contribution >= 0.6 is 0 Å². The zero-order valence-electron chi connectivity index (χ0n) is 14.8. The van der Waals surface area contributed by atoms with Gasteiger partial charge in [0.15, 0.2) is 5.65 Å². The lowest BCUT2D eigenvalue weighted by molar-refractivity contribution is 0.0950. The Balaban J connectivity index is 1.67. The highest BCUT2D eigenvalue weighted by atomic mass is 16.5. The first-order valence-corrected chi connectivity index (χ1v) is 8.40. The predicted molar refractivity (Wildman–Crippen MR) is 106 cm³/mol. The number of carbonyl (C=O) groups excluding carboxylic acids is 1. The molecular formula is C22H19N3O2. The van der Waals surface area contributed by atoms with Crippen LogP contribution in [0.4, 0.5) is 0 Å². The minimum Gasteiger partial charge on any atom is -0.457 e. The molecule has 0 spiro atoms. The fourth-order valence-corrected chi connectivity index (χ4v) is 2.49. The minimum atomic E-state index is -0.196. The van der Waals surface area contributed by atoms with Gasteiger partial charge in [0, 0.05) is 24.3 Å². The molecule has 5 heteroatoms. The number of nitrogens with one attached hydrogen (secondary N) is 1. The van der Waals surface area contributed by atoms with Crippen LogP contribution in [0.15, 0.2) is 92.0 Å². The smallest absolute Gasteiger partial charge is 0.253 e. The topological polar surface area (TPSA) is 64.1 Å². The Bertz CT molecular complexity index is 1020. The number of hydrogen-bond donors (Lipinski definition) is 1. The molecule has 0 bridgehead atoms. The quantitative estimate of drug-likeness (QED) is 0.508. The van der Waals surface area contributed by atoms with Crippen LogP contribution in [0.2, 0.25) is 0 Å². The Hall–Kier alpha value is -3.73. The SMILES string of the molecule is C=C/C=C(\C=C)Oc1cccc(CNC(=O)c2cnc3ncccc3c2)c1. The summed E-state index contributed by atoms with van der Waals surface area (Å²) in [6.07, 6.45) is 8.17. The maximum atomic E-state index is 12.4. The number of nitrogens with zero attached hydrogens (tertiary/aromatic N) is 2. The summed E-state index contributed by atoms with van der Waals surface area (Å²) in [5, 5.41) is 3.72. The van der Waals surface area contributed by atoms with E-state index >= 15 is 0 Å². The van der Waals surface area contributed by atoms with Crippen LogP contribution in [0.1, 0.15) is 15.9 Å². The van der Waals surface area contributed by atoms with Crippen LogP contribution in [0, 0.1) is 0 Å². The van der Waals surface area contributed by atoms with Crippen LogP contribution < -0.4 is 10.1 Å². The van der Waals surface area contributed by atoms with E-state index in [2.05, 4.69) is 28.4 Å². The number of pyridine rings is 2. The van der Waals surface area contributed by atoms with Gasteiger partial charge < -0.3 is 10.1 Å². The molecule has 134 valence electrons. The third-order valence-electron chi connectivity index (χ3n) is 3.79. The molecule has 0 aliphatic heterocycles. The van der Waals surface area contributed by atoms with E-state index in [0.717, 1.165) is 10.9 Å². The second kappa shape index (κ2) is 8.58. The van der Waals surface area contributed by atoms with Gasteiger partial charge in [-0.2, -0.15) is 0 Å². The van der Waals surface area contributed by atoms with Crippen LogP contribution in [-0.4, -0.2) is 15.9 Å². The predicted octanol–water partition coefficient (Wildman–Crippen LogP) is 4.19. The first-order chi connectivity index (χ1) is 13.2. The van der Waals surface area contributed by atoms with Crippen molar-refractivity contribution in [3.63, 3.8) is 0 Å². The Morgan fingerprint density at radius 2 is 2.04 bits per heavy atom. The Labute approximate surface area is 157 Å². The third kappa shape index (κ3) is 4.67. The second-order valence-electron chi connectivity index (χ2n) is 5.72. The number of fused-ring (bicyclic) bond motifs is 1. The highest BCUT2D eigenvalue weighted by molar-refractivity contribution is 5.96. The standard InChI is InChI=1S/C22H19N3O2/c1-3-7-19(4-2)27-20-10-5-8-16(12-20)14-25-22(26)18-13-17-9-6-11-23-21(17)24-15-18/h3-13,15H,1-2,14H2,(H,25,26)/b19-7+. The van der Waals surface area contributed by atoms with Gasteiger partial charge in [0.25, 0.3) is 5.91 Å². The summed E-state index contributed by atoms with van der Waals surface area (Å²) in [5.74, 6) is 1.06. The van der Waals surface area contributed by atoms with Gasteiger partial charge in [-0.05, 0) is 48.0 Å². The molecule has 0 unspecified atom stereocenters. The van der Waals surface area contributed by atoms with Crippen LogP contribution in [0.25, 0.3) is 11.0 Å². The molecule has 3 rings (SSSR count). The van der Waals surface area contributed by atoms with Crippen LogP contribution in [-0.2, 0) is 6.54 Å². The van der Waals surface area contributed by atoms with Crippen molar-refractivity contribution in [2.45, 2.75) is 6.54 Å². The maximum Gasteiger partial charge on any atom is 0.253 e. The molecule has 1 N–H and O–H groups in total. The molecule has 0 saturated heterocycles. The number of rotatable bonds is 7. The van der Waals surface area contributed by atoms with Gasteiger partial charge >= 0.3 is 0 Å². The molecule has 0 atom stereocenters. The first-order valence-electron chi connectivity index (χ1n) is 8.40. The molecule has 0 aliphatic carbocycles. The minimum absolute atomic E-state index is 0.196. The third-order valence-corrected chi connectivity index (χ3v) is 3.79. The molecule has 0 radical (unpaired) electrons. The summed E-state index contributed by atoms with van der Waals surface area (Å²) < 4.78 is 5.73. The molecule has 5 nitrogen and oxygen atoms in total. The van der Waals surface area contributed by atoms with E-state index < -0.39 is 0 Å².